The van der Waals surface area contributed by atoms with E-state index in [1.54, 1.807) is 4.72 Å². The molecule has 86 valence electrons. The van der Waals surface area contributed by atoms with Crippen LogP contribution >= 0.6 is 11.3 Å². The van der Waals surface area contributed by atoms with Crippen molar-refractivity contribution in [3.05, 3.63) is 5.01 Å². The van der Waals surface area contributed by atoms with Crippen LogP contribution in [-0.4, -0.2) is 23.2 Å². The minimum atomic E-state index is -4.48. The van der Waals surface area contributed by atoms with Crippen molar-refractivity contribution in [2.24, 2.45) is 0 Å². The molecular formula is C7H12N3NaO3S2. The molecule has 0 spiro atoms. The fourth-order valence-electron chi connectivity index (χ4n) is 1.03. The second-order valence-electron chi connectivity index (χ2n) is 3.01. The predicted molar refractivity (Wildman–Crippen MR) is 56.5 cm³/mol. The number of rotatable bonds is 6. The summed E-state index contributed by atoms with van der Waals surface area (Å²) in [7, 11) is -4.48. The Balaban J connectivity index is 0.00000225. The van der Waals surface area contributed by atoms with E-state index in [1.165, 1.54) is 0 Å². The molecular weight excluding hydrogens is 261 g/mol. The zero-order valence-corrected chi connectivity index (χ0v) is 12.9. The molecule has 0 aliphatic heterocycles. The van der Waals surface area contributed by atoms with Gasteiger partial charge in [-0.25, -0.2) is 8.42 Å². The first kappa shape index (κ1) is 16.3. The van der Waals surface area contributed by atoms with E-state index >= 15 is 0 Å². The number of anilines is 1. The number of hydrogen-bond acceptors (Lipinski definition) is 6. The Bertz CT molecular complexity index is 407. The Labute approximate surface area is 121 Å². The fraction of sp³-hybridized carbons (Fsp3) is 0.714. The molecule has 6 nitrogen and oxygen atoms in total. The van der Waals surface area contributed by atoms with Gasteiger partial charge in [-0.15, -0.1) is 10.2 Å². The van der Waals surface area contributed by atoms with Crippen LogP contribution in [0.4, 0.5) is 5.13 Å². The van der Waals surface area contributed by atoms with Crippen LogP contribution < -0.4 is 34.3 Å². The minimum Gasteiger partial charge on any atom is -0.731 e. The standard InChI is InChI=1S/C7H13N3O3S2.Na/c1-2-3-4-5-6-8-9-7(14-6)10-15(11,12)13;/h2-5H2,1H3,(H,9,10)(H,11,12,13);/q;+1/p-1. The normalized spacial score (nSPS) is 10.9. The molecule has 0 aliphatic carbocycles. The molecule has 0 aliphatic rings. The number of aromatic nitrogens is 2. The summed E-state index contributed by atoms with van der Waals surface area (Å²) in [6.07, 6.45) is 3.97. The predicted octanol–water partition coefficient (Wildman–Crippen LogP) is -1.85. The molecule has 0 atom stereocenters. The average molecular weight is 273 g/mol. The summed E-state index contributed by atoms with van der Waals surface area (Å²) in [6, 6.07) is 0. The molecule has 0 unspecified atom stereocenters. The molecule has 9 heteroatoms. The van der Waals surface area contributed by atoms with Gasteiger partial charge in [0.1, 0.15) is 5.01 Å². The smallest absolute Gasteiger partial charge is 0.731 e. The third kappa shape index (κ3) is 6.77. The molecule has 1 N–H and O–H groups in total. The maximum Gasteiger partial charge on any atom is 1.00 e. The number of nitrogens with zero attached hydrogens (tertiary/aromatic N) is 2. The molecule has 0 bridgehead atoms. The third-order valence-electron chi connectivity index (χ3n) is 1.67. The van der Waals surface area contributed by atoms with Crippen molar-refractivity contribution in [2.45, 2.75) is 32.6 Å². The van der Waals surface area contributed by atoms with Crippen molar-refractivity contribution >= 4 is 26.8 Å². The van der Waals surface area contributed by atoms with Gasteiger partial charge in [0, 0.05) is 6.42 Å². The summed E-state index contributed by atoms with van der Waals surface area (Å²) in [6.45, 7) is 2.09. The van der Waals surface area contributed by atoms with Gasteiger partial charge < -0.3 is 4.55 Å². The Morgan fingerprint density at radius 3 is 2.62 bits per heavy atom. The van der Waals surface area contributed by atoms with Gasteiger partial charge in [-0.3, -0.25) is 4.72 Å². The van der Waals surface area contributed by atoms with E-state index in [1.807, 2.05) is 0 Å². The molecule has 16 heavy (non-hydrogen) atoms. The maximum absolute atomic E-state index is 10.3. The van der Waals surface area contributed by atoms with E-state index in [-0.39, 0.29) is 34.7 Å². The van der Waals surface area contributed by atoms with Crippen LogP contribution in [-0.2, 0) is 16.7 Å². The van der Waals surface area contributed by atoms with Gasteiger partial charge in [-0.2, -0.15) is 0 Å². The van der Waals surface area contributed by atoms with Crippen LogP contribution in [0.2, 0.25) is 0 Å². The molecule has 0 amide bonds. The van der Waals surface area contributed by atoms with Crippen LogP contribution in [0.1, 0.15) is 31.2 Å². The zero-order valence-electron chi connectivity index (χ0n) is 9.26. The average Bonchev–Trinajstić information content (AvgIpc) is 2.50. The summed E-state index contributed by atoms with van der Waals surface area (Å²) in [5.74, 6) is 0. The number of unbranched alkanes of at least 4 members (excludes halogenated alkanes) is 2. The Morgan fingerprint density at radius 2 is 2.06 bits per heavy atom. The molecule has 0 saturated carbocycles. The van der Waals surface area contributed by atoms with Gasteiger partial charge in [0.15, 0.2) is 10.3 Å². The van der Waals surface area contributed by atoms with Gasteiger partial charge in [0.25, 0.3) is 0 Å². The molecule has 0 aromatic carbocycles. The van der Waals surface area contributed by atoms with Gasteiger partial charge >= 0.3 is 29.6 Å². The quantitative estimate of drug-likeness (QED) is 0.373. The largest absolute Gasteiger partial charge is 1.00 e. The van der Waals surface area contributed by atoms with E-state index in [2.05, 4.69) is 17.1 Å². The van der Waals surface area contributed by atoms with Gasteiger partial charge in [0.2, 0.25) is 5.13 Å². The molecule has 0 saturated heterocycles. The first-order chi connectivity index (χ1) is 7.01. The molecule has 1 heterocycles. The topological polar surface area (TPSA) is 95.0 Å². The SMILES string of the molecule is CCCCCc1nnc(NS(=O)(=O)[O-])s1.[Na+]. The first-order valence-electron chi connectivity index (χ1n) is 4.57. The Kier molecular flexibility index (Phi) is 7.70. The first-order valence-corrected chi connectivity index (χ1v) is 6.79. The Morgan fingerprint density at radius 1 is 1.38 bits per heavy atom. The van der Waals surface area contributed by atoms with Crippen LogP contribution in [0.3, 0.4) is 0 Å². The van der Waals surface area contributed by atoms with Crippen LogP contribution in [0.5, 0.6) is 0 Å². The minimum absolute atomic E-state index is 0. The van der Waals surface area contributed by atoms with Crippen LogP contribution in [0, 0.1) is 0 Å². The summed E-state index contributed by atoms with van der Waals surface area (Å²) in [5, 5.41) is 8.12. The maximum atomic E-state index is 10.3. The van der Waals surface area contributed by atoms with Crippen molar-refractivity contribution in [1.82, 2.24) is 10.2 Å². The Hall–Kier alpha value is 0.270. The molecule has 1 rings (SSSR count). The van der Waals surface area contributed by atoms with Crippen molar-refractivity contribution in [2.75, 3.05) is 4.72 Å². The van der Waals surface area contributed by atoms with Crippen molar-refractivity contribution in [3.63, 3.8) is 0 Å². The van der Waals surface area contributed by atoms with E-state index in [9.17, 15) is 13.0 Å². The molecule has 1 aromatic rings. The van der Waals surface area contributed by atoms with E-state index < -0.39 is 10.3 Å². The summed E-state index contributed by atoms with van der Waals surface area (Å²) < 4.78 is 32.8. The number of aryl methyl sites for hydroxylation is 1. The van der Waals surface area contributed by atoms with Crippen molar-refractivity contribution in [3.8, 4) is 0 Å². The summed E-state index contributed by atoms with van der Waals surface area (Å²) in [4.78, 5) is 0. The van der Waals surface area contributed by atoms with Crippen molar-refractivity contribution < 1.29 is 42.5 Å². The fourth-order valence-corrected chi connectivity index (χ4v) is 2.39. The van der Waals surface area contributed by atoms with Gasteiger partial charge in [0.05, 0.1) is 0 Å². The zero-order chi connectivity index (χ0) is 11.3. The van der Waals surface area contributed by atoms with E-state index in [4.69, 9.17) is 0 Å². The van der Waals surface area contributed by atoms with E-state index in [0.717, 1.165) is 42.0 Å². The molecule has 1 aromatic heterocycles. The third-order valence-corrected chi connectivity index (χ3v) is 3.14. The van der Waals surface area contributed by atoms with Crippen LogP contribution in [0.25, 0.3) is 0 Å². The van der Waals surface area contributed by atoms with Crippen LogP contribution in [0.15, 0.2) is 0 Å². The summed E-state index contributed by atoms with van der Waals surface area (Å²) in [5.41, 5.74) is 0. The number of nitrogens with one attached hydrogen (secondary N) is 1. The summed E-state index contributed by atoms with van der Waals surface area (Å²) >= 11 is 1.10. The van der Waals surface area contributed by atoms with E-state index in [0.29, 0.717) is 0 Å². The van der Waals surface area contributed by atoms with Gasteiger partial charge in [-0.05, 0) is 6.42 Å². The van der Waals surface area contributed by atoms with Crippen molar-refractivity contribution in [1.29, 1.82) is 0 Å². The molecule has 0 fully saturated rings. The number of hydrogen-bond donors (Lipinski definition) is 1. The monoisotopic (exact) mass is 273 g/mol. The van der Waals surface area contributed by atoms with Gasteiger partial charge in [-0.1, -0.05) is 31.1 Å². The second-order valence-corrected chi connectivity index (χ2v) is 5.19. The second kappa shape index (κ2) is 7.57. The molecule has 0 radical (unpaired) electrons.